The Bertz CT molecular complexity index is 1110. The van der Waals surface area contributed by atoms with Crippen LogP contribution in [-0.4, -0.2) is 69.6 Å². The van der Waals surface area contributed by atoms with Crippen LogP contribution in [0.1, 0.15) is 40.0 Å². The first-order valence-corrected chi connectivity index (χ1v) is 14.9. The van der Waals surface area contributed by atoms with Gasteiger partial charge in [-0.1, -0.05) is 44.5 Å². The van der Waals surface area contributed by atoms with Crippen LogP contribution < -0.4 is 4.90 Å². The molecule has 1 aromatic carbocycles. The van der Waals surface area contributed by atoms with Gasteiger partial charge < -0.3 is 19.6 Å². The second-order valence-corrected chi connectivity index (χ2v) is 13.2. The highest BCUT2D eigenvalue weighted by atomic mass is 35.5. The van der Waals surface area contributed by atoms with Gasteiger partial charge in [-0.3, -0.25) is 14.4 Å². The highest BCUT2D eigenvalue weighted by Crippen LogP contribution is 2.69. The number of esters is 1. The monoisotopic (exact) mass is 574 g/mol. The summed E-state index contributed by atoms with van der Waals surface area (Å²) >= 11 is 7.73. The molecule has 2 bridgehead atoms. The Morgan fingerprint density at radius 2 is 1.97 bits per heavy atom. The molecule has 212 valence electrons. The van der Waals surface area contributed by atoms with E-state index in [2.05, 4.69) is 20.1 Å². The molecule has 0 radical (unpaired) electrons. The zero-order valence-corrected chi connectivity index (χ0v) is 24.5. The van der Waals surface area contributed by atoms with Crippen molar-refractivity contribution in [2.45, 2.75) is 62.1 Å². The van der Waals surface area contributed by atoms with Crippen LogP contribution in [0, 0.1) is 23.7 Å². The first-order chi connectivity index (χ1) is 18.6. The number of benzene rings is 1. The molecule has 3 aliphatic rings. The standard InChI is InChI=1S/C30H39ClN2O5S/c1-6-8-14-38-29(37)24-23-16-19(5)30(39-23)25(24)27(35)33(22(17-34)15-18(3)4)26(30)28(36)32(13-7-2)21-11-9-20(31)10-12-21/h6-7,9-12,18-19,22-26,34H,1-2,8,13-17H2,3-5H3/t19?,22-,23+,24-,25+,26?,30?/m1/s1. The van der Waals surface area contributed by atoms with Crippen LogP contribution in [0.2, 0.25) is 5.02 Å². The molecule has 1 spiro atoms. The van der Waals surface area contributed by atoms with E-state index in [4.69, 9.17) is 16.3 Å². The fraction of sp³-hybridized carbons (Fsp3) is 0.567. The summed E-state index contributed by atoms with van der Waals surface area (Å²) in [4.78, 5) is 45.7. The average Bonchev–Trinajstić information content (AvgIpc) is 3.49. The van der Waals surface area contributed by atoms with E-state index >= 15 is 0 Å². The van der Waals surface area contributed by atoms with E-state index in [-0.39, 0.29) is 54.6 Å². The maximum atomic E-state index is 14.7. The molecule has 1 aromatic rings. The first kappa shape index (κ1) is 29.7. The highest BCUT2D eigenvalue weighted by Gasteiger charge is 2.77. The minimum absolute atomic E-state index is 0.00631. The number of nitrogens with zero attached hydrogens (tertiary/aromatic N) is 2. The van der Waals surface area contributed by atoms with Crippen molar-refractivity contribution in [1.29, 1.82) is 0 Å². The molecule has 0 aliphatic carbocycles. The molecule has 1 N–H and O–H groups in total. The van der Waals surface area contributed by atoms with Gasteiger partial charge in [0, 0.05) is 22.5 Å². The number of carbonyl (C=O) groups is 3. The Hall–Kier alpha value is -2.29. The molecule has 3 unspecified atom stereocenters. The third-order valence-electron chi connectivity index (χ3n) is 8.32. The molecule has 3 heterocycles. The van der Waals surface area contributed by atoms with Gasteiger partial charge in [0.15, 0.2) is 0 Å². The molecule has 9 heteroatoms. The summed E-state index contributed by atoms with van der Waals surface area (Å²) in [6, 6.07) is 5.61. The van der Waals surface area contributed by atoms with Crippen LogP contribution >= 0.6 is 23.4 Å². The maximum absolute atomic E-state index is 14.7. The zero-order valence-electron chi connectivity index (χ0n) is 22.9. The van der Waals surface area contributed by atoms with E-state index in [1.807, 2.05) is 13.8 Å². The quantitative estimate of drug-likeness (QED) is 0.221. The van der Waals surface area contributed by atoms with Crippen LogP contribution in [0.15, 0.2) is 49.6 Å². The summed E-state index contributed by atoms with van der Waals surface area (Å²) < 4.78 is 4.78. The number of fused-ring (bicyclic) bond motifs is 1. The minimum Gasteiger partial charge on any atom is -0.465 e. The Morgan fingerprint density at radius 1 is 1.28 bits per heavy atom. The van der Waals surface area contributed by atoms with Crippen LogP contribution in [0.25, 0.3) is 0 Å². The first-order valence-electron chi connectivity index (χ1n) is 13.7. The summed E-state index contributed by atoms with van der Waals surface area (Å²) in [6.45, 7) is 13.9. The lowest BCUT2D eigenvalue weighted by Gasteiger charge is -2.42. The number of hydrogen-bond donors (Lipinski definition) is 1. The molecule has 0 saturated carbocycles. The number of thioether (sulfide) groups is 1. The van der Waals surface area contributed by atoms with Gasteiger partial charge in [0.05, 0.1) is 35.8 Å². The van der Waals surface area contributed by atoms with Crippen LogP contribution in [-0.2, 0) is 19.1 Å². The number of likely N-dealkylation sites (tertiary alicyclic amines) is 1. The molecule has 3 aliphatic heterocycles. The summed E-state index contributed by atoms with van der Waals surface area (Å²) in [5.74, 6) is -2.01. The predicted octanol–water partition coefficient (Wildman–Crippen LogP) is 4.72. The fourth-order valence-electron chi connectivity index (χ4n) is 6.78. The van der Waals surface area contributed by atoms with Crippen molar-refractivity contribution in [3.05, 3.63) is 54.6 Å². The molecule has 0 aromatic heterocycles. The van der Waals surface area contributed by atoms with Crippen molar-refractivity contribution in [2.75, 3.05) is 24.7 Å². The van der Waals surface area contributed by atoms with Gasteiger partial charge in [-0.2, -0.15) is 0 Å². The number of rotatable bonds is 12. The highest BCUT2D eigenvalue weighted by molar-refractivity contribution is 8.02. The number of aliphatic hydroxyl groups is 1. The number of amides is 2. The molecule has 3 saturated heterocycles. The van der Waals surface area contributed by atoms with E-state index < -0.39 is 28.7 Å². The van der Waals surface area contributed by atoms with Gasteiger partial charge >= 0.3 is 5.97 Å². The number of carbonyl (C=O) groups excluding carboxylic acids is 3. The SMILES string of the molecule is C=CCCOC(=O)[C@@H]1[C@@H]2CC(C)C3(S2)C(C(=O)N(CC=C)c2ccc(Cl)cc2)N([C@@H](CO)CC(C)C)C(=O)[C@H]13. The van der Waals surface area contributed by atoms with E-state index in [0.717, 1.165) is 0 Å². The summed E-state index contributed by atoms with van der Waals surface area (Å²) in [5, 5.41) is 10.9. The fourth-order valence-corrected chi connectivity index (χ4v) is 9.30. The summed E-state index contributed by atoms with van der Waals surface area (Å²) in [7, 11) is 0. The van der Waals surface area contributed by atoms with Gasteiger partial charge in [-0.15, -0.1) is 24.9 Å². The Balaban J connectivity index is 1.82. The van der Waals surface area contributed by atoms with Crippen LogP contribution in [0.4, 0.5) is 5.69 Å². The van der Waals surface area contributed by atoms with E-state index in [9.17, 15) is 19.5 Å². The molecule has 4 rings (SSSR count). The van der Waals surface area contributed by atoms with Crippen molar-refractivity contribution in [3.63, 3.8) is 0 Å². The molecule has 39 heavy (non-hydrogen) atoms. The third-order valence-corrected chi connectivity index (χ3v) is 10.6. The van der Waals surface area contributed by atoms with E-state index in [0.29, 0.717) is 30.0 Å². The zero-order chi connectivity index (χ0) is 28.5. The summed E-state index contributed by atoms with van der Waals surface area (Å²) in [6.07, 6.45) is 5.12. The normalized spacial score (nSPS) is 29.8. The Morgan fingerprint density at radius 3 is 2.56 bits per heavy atom. The molecule has 3 fully saturated rings. The van der Waals surface area contributed by atoms with Crippen LogP contribution in [0.3, 0.4) is 0 Å². The van der Waals surface area contributed by atoms with Gasteiger partial charge in [0.2, 0.25) is 5.91 Å². The lowest BCUT2D eigenvalue weighted by molar-refractivity contribution is -0.155. The third kappa shape index (κ3) is 5.16. The lowest BCUT2D eigenvalue weighted by Crippen LogP contribution is -2.59. The van der Waals surface area contributed by atoms with Gasteiger partial charge in [-0.25, -0.2) is 0 Å². The minimum atomic E-state index is -0.850. The van der Waals surface area contributed by atoms with Crippen molar-refractivity contribution in [1.82, 2.24) is 4.90 Å². The van der Waals surface area contributed by atoms with Crippen molar-refractivity contribution in [2.24, 2.45) is 23.7 Å². The maximum Gasteiger partial charge on any atom is 0.310 e. The average molecular weight is 575 g/mol. The number of aliphatic hydroxyl groups excluding tert-OH is 1. The second-order valence-electron chi connectivity index (χ2n) is 11.2. The van der Waals surface area contributed by atoms with Gasteiger partial charge in [-0.05, 0) is 55.4 Å². The van der Waals surface area contributed by atoms with Crippen molar-refractivity contribution < 1.29 is 24.2 Å². The number of ether oxygens (including phenoxy) is 1. The van der Waals surface area contributed by atoms with Crippen molar-refractivity contribution >= 4 is 46.8 Å². The van der Waals surface area contributed by atoms with Crippen LogP contribution in [0.5, 0.6) is 0 Å². The summed E-state index contributed by atoms with van der Waals surface area (Å²) in [5.41, 5.74) is 0.645. The molecule has 2 amide bonds. The molecule has 7 atom stereocenters. The lowest BCUT2D eigenvalue weighted by atomic mass is 9.66. The second kappa shape index (κ2) is 12.1. The topological polar surface area (TPSA) is 87.2 Å². The smallest absolute Gasteiger partial charge is 0.310 e. The largest absolute Gasteiger partial charge is 0.465 e. The predicted molar refractivity (Wildman–Crippen MR) is 156 cm³/mol. The van der Waals surface area contributed by atoms with Gasteiger partial charge in [0.25, 0.3) is 5.91 Å². The number of hydrogen-bond acceptors (Lipinski definition) is 6. The van der Waals surface area contributed by atoms with Crippen molar-refractivity contribution in [3.8, 4) is 0 Å². The molecular weight excluding hydrogens is 536 g/mol. The molecule has 7 nitrogen and oxygen atoms in total. The van der Waals surface area contributed by atoms with E-state index in [1.165, 1.54) is 0 Å². The Kier molecular flexibility index (Phi) is 9.19. The van der Waals surface area contributed by atoms with Gasteiger partial charge in [0.1, 0.15) is 6.04 Å². The van der Waals surface area contributed by atoms with E-state index in [1.54, 1.807) is 58.0 Å². The molecular formula is C30H39ClN2O5S. The number of anilines is 1. The number of halogens is 1. The Labute approximate surface area is 240 Å².